The Labute approximate surface area is 200 Å². The van der Waals surface area contributed by atoms with Gasteiger partial charge in [-0.05, 0) is 73.7 Å². The molecule has 0 saturated carbocycles. The molecule has 0 aliphatic carbocycles. The maximum atomic E-state index is 13.1. The Morgan fingerprint density at radius 3 is 2.36 bits per heavy atom. The van der Waals surface area contributed by atoms with Crippen LogP contribution in [0.1, 0.15) is 39.9 Å². The van der Waals surface area contributed by atoms with Crippen molar-refractivity contribution in [2.45, 2.75) is 42.2 Å². The molecule has 1 aliphatic heterocycles. The number of carbonyl (C=O) groups is 1. The third kappa shape index (κ3) is 5.49. The summed E-state index contributed by atoms with van der Waals surface area (Å²) in [6, 6.07) is 21.0. The molecule has 33 heavy (non-hydrogen) atoms. The smallest absolute Gasteiger partial charge is 0.255 e. The van der Waals surface area contributed by atoms with Gasteiger partial charge in [-0.2, -0.15) is 4.31 Å². The molecule has 0 aromatic heterocycles. The molecule has 1 N–H and O–H groups in total. The first-order valence-corrected chi connectivity index (χ1v) is 13.5. The van der Waals surface area contributed by atoms with E-state index in [0.717, 1.165) is 35.4 Å². The van der Waals surface area contributed by atoms with Crippen molar-refractivity contribution in [1.82, 2.24) is 4.31 Å². The van der Waals surface area contributed by atoms with E-state index in [4.69, 9.17) is 0 Å². The van der Waals surface area contributed by atoms with Crippen molar-refractivity contribution in [3.63, 3.8) is 0 Å². The molecule has 172 valence electrons. The Morgan fingerprint density at radius 2 is 1.67 bits per heavy atom. The minimum atomic E-state index is -3.58. The summed E-state index contributed by atoms with van der Waals surface area (Å²) >= 11 is 1.77. The lowest BCUT2D eigenvalue weighted by Crippen LogP contribution is -2.28. The second-order valence-electron chi connectivity index (χ2n) is 8.29. The summed E-state index contributed by atoms with van der Waals surface area (Å²) in [5.41, 5.74) is 3.97. The van der Waals surface area contributed by atoms with Gasteiger partial charge < -0.3 is 5.32 Å². The Bertz CT molecular complexity index is 1250. The fraction of sp³-hybridized carbons (Fsp3) is 0.269. The SMILES string of the molecule is Cc1cc(CSc2ccccc2)ccc1NC(=O)c1cc(S(=O)(=O)N2CCCC2)ccc1C. The van der Waals surface area contributed by atoms with Gasteiger partial charge in [-0.25, -0.2) is 8.42 Å². The van der Waals surface area contributed by atoms with Crippen molar-refractivity contribution >= 4 is 33.4 Å². The van der Waals surface area contributed by atoms with Crippen LogP contribution in [0.25, 0.3) is 0 Å². The summed E-state index contributed by atoms with van der Waals surface area (Å²) < 4.78 is 27.3. The number of aryl methyl sites for hydroxylation is 2. The highest BCUT2D eigenvalue weighted by Crippen LogP contribution is 2.27. The van der Waals surface area contributed by atoms with Crippen LogP contribution < -0.4 is 5.32 Å². The molecule has 1 fully saturated rings. The minimum absolute atomic E-state index is 0.171. The number of sulfonamides is 1. The van der Waals surface area contributed by atoms with Crippen LogP contribution in [0.5, 0.6) is 0 Å². The first kappa shape index (κ1) is 23.5. The van der Waals surface area contributed by atoms with E-state index in [1.807, 2.05) is 44.2 Å². The summed E-state index contributed by atoms with van der Waals surface area (Å²) in [4.78, 5) is 14.4. The van der Waals surface area contributed by atoms with E-state index in [1.54, 1.807) is 23.9 Å². The third-order valence-electron chi connectivity index (χ3n) is 5.84. The average Bonchev–Trinajstić information content (AvgIpc) is 3.36. The highest BCUT2D eigenvalue weighted by molar-refractivity contribution is 7.98. The molecular weight excluding hydrogens is 452 g/mol. The topological polar surface area (TPSA) is 66.5 Å². The van der Waals surface area contributed by atoms with Crippen molar-refractivity contribution in [3.8, 4) is 0 Å². The molecule has 5 nitrogen and oxygen atoms in total. The van der Waals surface area contributed by atoms with Gasteiger partial charge in [-0.1, -0.05) is 36.4 Å². The summed E-state index contributed by atoms with van der Waals surface area (Å²) in [7, 11) is -3.58. The van der Waals surface area contributed by atoms with Gasteiger partial charge in [0.05, 0.1) is 4.90 Å². The van der Waals surface area contributed by atoms with Gasteiger partial charge in [-0.3, -0.25) is 4.79 Å². The minimum Gasteiger partial charge on any atom is -0.322 e. The molecule has 0 unspecified atom stereocenters. The normalized spacial score (nSPS) is 14.4. The quantitative estimate of drug-likeness (QED) is 0.445. The number of benzene rings is 3. The second kappa shape index (κ2) is 10.1. The van der Waals surface area contributed by atoms with Crippen LogP contribution in [0.15, 0.2) is 76.5 Å². The van der Waals surface area contributed by atoms with E-state index in [0.29, 0.717) is 18.7 Å². The number of amides is 1. The lowest BCUT2D eigenvalue weighted by molar-refractivity contribution is 0.102. The fourth-order valence-corrected chi connectivity index (χ4v) is 6.32. The summed E-state index contributed by atoms with van der Waals surface area (Å²) in [6.07, 6.45) is 1.75. The summed E-state index contributed by atoms with van der Waals surface area (Å²) in [6.45, 7) is 4.85. The van der Waals surface area contributed by atoms with Crippen molar-refractivity contribution in [2.75, 3.05) is 18.4 Å². The van der Waals surface area contributed by atoms with Crippen molar-refractivity contribution in [3.05, 3.63) is 89.0 Å². The molecule has 1 saturated heterocycles. The average molecular weight is 481 g/mol. The van der Waals surface area contributed by atoms with Crippen LogP contribution in [-0.4, -0.2) is 31.7 Å². The van der Waals surface area contributed by atoms with Crippen LogP contribution in [-0.2, 0) is 15.8 Å². The van der Waals surface area contributed by atoms with Crippen molar-refractivity contribution < 1.29 is 13.2 Å². The maximum absolute atomic E-state index is 13.1. The highest BCUT2D eigenvalue weighted by Gasteiger charge is 2.28. The highest BCUT2D eigenvalue weighted by atomic mass is 32.2. The van der Waals surface area contributed by atoms with Gasteiger partial charge in [0.1, 0.15) is 0 Å². The first-order chi connectivity index (χ1) is 15.8. The van der Waals surface area contributed by atoms with Gasteiger partial charge in [-0.15, -0.1) is 11.8 Å². The number of rotatable bonds is 7. The van der Waals surface area contributed by atoms with E-state index in [2.05, 4.69) is 23.5 Å². The van der Waals surface area contributed by atoms with E-state index in [9.17, 15) is 13.2 Å². The number of nitrogens with one attached hydrogen (secondary N) is 1. The standard InChI is InChI=1S/C26H28N2O3S2/c1-19-10-12-23(33(30,31)28-14-6-7-15-28)17-24(19)26(29)27-25-13-11-21(16-20(25)2)18-32-22-8-4-3-5-9-22/h3-5,8-13,16-17H,6-7,14-15,18H2,1-2H3,(H,27,29). The predicted octanol–water partition coefficient (Wildman–Crippen LogP) is 5.63. The van der Waals surface area contributed by atoms with E-state index >= 15 is 0 Å². The molecule has 3 aromatic carbocycles. The largest absolute Gasteiger partial charge is 0.322 e. The van der Waals surface area contributed by atoms with Crippen LogP contribution in [0, 0.1) is 13.8 Å². The van der Waals surface area contributed by atoms with E-state index < -0.39 is 10.0 Å². The molecule has 0 bridgehead atoms. The molecule has 0 radical (unpaired) electrons. The molecule has 3 aromatic rings. The number of carbonyl (C=O) groups excluding carboxylic acids is 1. The number of anilines is 1. The number of hydrogen-bond acceptors (Lipinski definition) is 4. The Hall–Kier alpha value is -2.61. The van der Waals surface area contributed by atoms with E-state index in [-0.39, 0.29) is 10.8 Å². The molecule has 1 amide bonds. The van der Waals surface area contributed by atoms with Gasteiger partial charge >= 0.3 is 0 Å². The summed E-state index contributed by atoms with van der Waals surface area (Å²) in [5, 5.41) is 2.96. The van der Waals surface area contributed by atoms with Gasteiger partial charge in [0.25, 0.3) is 5.91 Å². The van der Waals surface area contributed by atoms with Crippen LogP contribution >= 0.6 is 11.8 Å². The first-order valence-electron chi connectivity index (χ1n) is 11.0. The second-order valence-corrected chi connectivity index (χ2v) is 11.3. The monoisotopic (exact) mass is 480 g/mol. The predicted molar refractivity (Wildman–Crippen MR) is 134 cm³/mol. The third-order valence-corrected chi connectivity index (χ3v) is 8.82. The zero-order valence-corrected chi connectivity index (χ0v) is 20.5. The fourth-order valence-electron chi connectivity index (χ4n) is 3.91. The Morgan fingerprint density at radius 1 is 0.939 bits per heavy atom. The van der Waals surface area contributed by atoms with Gasteiger partial charge in [0.2, 0.25) is 10.0 Å². The molecule has 1 aliphatic rings. The maximum Gasteiger partial charge on any atom is 0.255 e. The van der Waals surface area contributed by atoms with E-state index in [1.165, 1.54) is 20.8 Å². The number of nitrogens with zero attached hydrogens (tertiary/aromatic N) is 1. The Kier molecular flexibility index (Phi) is 7.22. The molecule has 0 atom stereocenters. The lowest BCUT2D eigenvalue weighted by atomic mass is 10.1. The van der Waals surface area contributed by atoms with Gasteiger partial charge in [0, 0.05) is 35.0 Å². The molecule has 1 heterocycles. The van der Waals surface area contributed by atoms with Crippen LogP contribution in [0.3, 0.4) is 0 Å². The number of hydrogen-bond donors (Lipinski definition) is 1. The molecular formula is C26H28N2O3S2. The van der Waals surface area contributed by atoms with Crippen LogP contribution in [0.2, 0.25) is 0 Å². The zero-order chi connectivity index (χ0) is 23.4. The zero-order valence-electron chi connectivity index (χ0n) is 18.9. The molecule has 4 rings (SSSR count). The summed E-state index contributed by atoms with van der Waals surface area (Å²) in [5.74, 6) is 0.537. The lowest BCUT2D eigenvalue weighted by Gasteiger charge is -2.17. The van der Waals surface area contributed by atoms with Crippen molar-refractivity contribution in [2.24, 2.45) is 0 Å². The van der Waals surface area contributed by atoms with Crippen LogP contribution in [0.4, 0.5) is 5.69 Å². The molecule has 0 spiro atoms. The Balaban J connectivity index is 1.48. The van der Waals surface area contributed by atoms with Crippen molar-refractivity contribution in [1.29, 1.82) is 0 Å². The number of thioether (sulfide) groups is 1. The molecule has 7 heteroatoms. The van der Waals surface area contributed by atoms with Gasteiger partial charge in [0.15, 0.2) is 0 Å².